The van der Waals surface area contributed by atoms with Gasteiger partial charge in [0.2, 0.25) is 0 Å². The lowest BCUT2D eigenvalue weighted by Crippen LogP contribution is -2.44. The minimum absolute atomic E-state index is 0.0976. The smallest absolute Gasteiger partial charge is 0.329 e. The van der Waals surface area contributed by atoms with E-state index in [9.17, 15) is 9.59 Å². The molecule has 0 bridgehead atoms. The molecule has 2 fully saturated rings. The molecule has 28 heavy (non-hydrogen) atoms. The molecular formula is C23H26N2O3. The molecule has 0 radical (unpaired) electrons. The van der Waals surface area contributed by atoms with Crippen molar-refractivity contribution in [2.24, 2.45) is 5.92 Å². The van der Waals surface area contributed by atoms with Crippen LogP contribution in [0.3, 0.4) is 0 Å². The van der Waals surface area contributed by atoms with Crippen molar-refractivity contribution in [2.45, 2.75) is 57.7 Å². The number of rotatable bonds is 4. The molecule has 3 atom stereocenters. The van der Waals surface area contributed by atoms with Gasteiger partial charge in [-0.2, -0.15) is 0 Å². The lowest BCUT2D eigenvalue weighted by Gasteiger charge is -2.27. The third kappa shape index (κ3) is 3.66. The first-order chi connectivity index (χ1) is 13.3. The summed E-state index contributed by atoms with van der Waals surface area (Å²) in [5.41, 5.74) is 2.26. The number of carbonyl (C=O) groups excluding carboxylic acids is 2. The van der Waals surface area contributed by atoms with Crippen molar-refractivity contribution in [3.63, 3.8) is 0 Å². The summed E-state index contributed by atoms with van der Waals surface area (Å²) in [5.74, 6) is 0.0104. The van der Waals surface area contributed by atoms with Crippen LogP contribution in [-0.4, -0.2) is 33.8 Å². The van der Waals surface area contributed by atoms with Crippen molar-refractivity contribution in [1.82, 2.24) is 9.88 Å². The Morgan fingerprint density at radius 3 is 2.61 bits per heavy atom. The lowest BCUT2D eigenvalue weighted by molar-refractivity contribution is -0.150. The van der Waals surface area contributed by atoms with Crippen LogP contribution in [0.1, 0.15) is 55.2 Å². The number of piperidine rings is 1. The van der Waals surface area contributed by atoms with Gasteiger partial charge in [-0.25, -0.2) is 4.79 Å². The molecule has 146 valence electrons. The van der Waals surface area contributed by atoms with Crippen molar-refractivity contribution in [3.05, 3.63) is 65.5 Å². The third-order valence-electron chi connectivity index (χ3n) is 5.61. The van der Waals surface area contributed by atoms with E-state index in [1.807, 2.05) is 36.4 Å². The molecule has 5 heteroatoms. The predicted molar refractivity (Wildman–Crippen MR) is 106 cm³/mol. The van der Waals surface area contributed by atoms with Gasteiger partial charge in [0, 0.05) is 28.9 Å². The first-order valence-corrected chi connectivity index (χ1v) is 9.84. The molecule has 1 aromatic carbocycles. The first kappa shape index (κ1) is 18.7. The Balaban J connectivity index is 1.50. The zero-order valence-corrected chi connectivity index (χ0v) is 16.6. The Morgan fingerprint density at radius 1 is 1.14 bits per heavy atom. The second-order valence-corrected chi connectivity index (χ2v) is 8.80. The average Bonchev–Trinajstić information content (AvgIpc) is 3.35. The molecule has 4 rings (SSSR count). The van der Waals surface area contributed by atoms with Crippen molar-refractivity contribution in [1.29, 1.82) is 0 Å². The number of nitrogens with zero attached hydrogens (tertiary/aromatic N) is 2. The number of likely N-dealkylation sites (tertiary alicyclic amines) is 1. The molecule has 1 aliphatic carbocycles. The average molecular weight is 378 g/mol. The fourth-order valence-electron chi connectivity index (χ4n) is 3.91. The predicted octanol–water partition coefficient (Wildman–Crippen LogP) is 3.73. The van der Waals surface area contributed by atoms with Crippen molar-refractivity contribution in [3.8, 4) is 0 Å². The minimum atomic E-state index is -0.494. The van der Waals surface area contributed by atoms with Gasteiger partial charge < -0.3 is 9.64 Å². The molecule has 0 spiro atoms. The largest absolute Gasteiger partial charge is 0.459 e. The molecule has 1 aromatic heterocycles. The monoisotopic (exact) mass is 378 g/mol. The first-order valence-electron chi connectivity index (χ1n) is 9.84. The third-order valence-corrected chi connectivity index (χ3v) is 5.61. The maximum Gasteiger partial charge on any atom is 0.329 e. The van der Waals surface area contributed by atoms with E-state index in [0.717, 1.165) is 17.7 Å². The van der Waals surface area contributed by atoms with Crippen LogP contribution < -0.4 is 0 Å². The SMILES string of the molecule is CC(C)(C)c1cc(C(=O)N2[C@@H](C(=O)OCc3ccccc3)C[C@H]3C[C@H]32)ccn1. The fraction of sp³-hybridized carbons (Fsp3) is 0.435. The van der Waals surface area contributed by atoms with E-state index in [1.165, 1.54) is 0 Å². The number of aromatic nitrogens is 1. The molecular weight excluding hydrogens is 352 g/mol. The molecule has 1 amide bonds. The summed E-state index contributed by atoms with van der Waals surface area (Å²) in [6.45, 7) is 6.44. The maximum absolute atomic E-state index is 13.2. The number of hydrogen-bond acceptors (Lipinski definition) is 4. The zero-order valence-electron chi connectivity index (χ0n) is 16.6. The number of hydrogen-bond donors (Lipinski definition) is 0. The van der Waals surface area contributed by atoms with Crippen LogP contribution in [-0.2, 0) is 21.6 Å². The van der Waals surface area contributed by atoms with Crippen molar-refractivity contribution in [2.75, 3.05) is 0 Å². The topological polar surface area (TPSA) is 59.5 Å². The maximum atomic E-state index is 13.2. The molecule has 0 N–H and O–H groups in total. The Bertz CT molecular complexity index is 888. The summed E-state index contributed by atoms with van der Waals surface area (Å²) < 4.78 is 5.53. The van der Waals surface area contributed by atoms with E-state index < -0.39 is 6.04 Å². The van der Waals surface area contributed by atoms with Gasteiger partial charge in [-0.1, -0.05) is 51.1 Å². The number of amides is 1. The summed E-state index contributed by atoms with van der Waals surface area (Å²) in [4.78, 5) is 32.1. The van der Waals surface area contributed by atoms with Crippen LogP contribution in [0.5, 0.6) is 0 Å². The van der Waals surface area contributed by atoms with Crippen LogP contribution in [0.15, 0.2) is 48.7 Å². The highest BCUT2D eigenvalue weighted by molar-refractivity contribution is 5.98. The Labute approximate surface area is 165 Å². The van der Waals surface area contributed by atoms with Crippen LogP contribution in [0.25, 0.3) is 0 Å². The summed E-state index contributed by atoms with van der Waals surface area (Å²) in [6, 6.07) is 12.9. The van der Waals surface area contributed by atoms with Gasteiger partial charge in [-0.15, -0.1) is 0 Å². The highest BCUT2D eigenvalue weighted by Gasteiger charge is 2.56. The van der Waals surface area contributed by atoms with Crippen LogP contribution >= 0.6 is 0 Å². The van der Waals surface area contributed by atoms with Crippen LogP contribution in [0.2, 0.25) is 0 Å². The number of pyridine rings is 1. The molecule has 0 unspecified atom stereocenters. The highest BCUT2D eigenvalue weighted by atomic mass is 16.5. The number of carbonyl (C=O) groups is 2. The quantitative estimate of drug-likeness (QED) is 0.761. The second kappa shape index (κ2) is 7.04. The standard InChI is InChI=1S/C23H26N2O3/c1-23(2,3)20-13-16(9-10-24-20)21(26)25-18-11-17(18)12-19(25)22(27)28-14-15-7-5-4-6-8-15/h4-10,13,17-19H,11-12,14H2,1-3H3/t17-,18-,19-/m1/s1. The number of fused-ring (bicyclic) bond motifs is 1. The Morgan fingerprint density at radius 2 is 1.89 bits per heavy atom. The lowest BCUT2D eigenvalue weighted by atomic mass is 9.90. The van der Waals surface area contributed by atoms with Crippen molar-refractivity contribution < 1.29 is 14.3 Å². The van der Waals surface area contributed by atoms with E-state index in [0.29, 0.717) is 17.9 Å². The number of esters is 1. The van der Waals surface area contributed by atoms with Crippen molar-refractivity contribution >= 4 is 11.9 Å². The van der Waals surface area contributed by atoms with E-state index in [-0.39, 0.29) is 29.9 Å². The van der Waals surface area contributed by atoms with Gasteiger partial charge in [-0.3, -0.25) is 9.78 Å². The van der Waals surface area contributed by atoms with Gasteiger partial charge >= 0.3 is 5.97 Å². The van der Waals surface area contributed by atoms with Gasteiger partial charge in [0.15, 0.2) is 0 Å². The van der Waals surface area contributed by atoms with Gasteiger partial charge in [-0.05, 0) is 36.5 Å². The molecule has 2 aromatic rings. The number of benzene rings is 1. The summed E-state index contributed by atoms with van der Waals surface area (Å²) >= 11 is 0. The Kier molecular flexibility index (Phi) is 4.69. The minimum Gasteiger partial charge on any atom is -0.459 e. The summed E-state index contributed by atoms with van der Waals surface area (Å²) in [6.07, 6.45) is 3.35. The summed E-state index contributed by atoms with van der Waals surface area (Å²) in [7, 11) is 0. The molecule has 1 saturated heterocycles. The Hall–Kier alpha value is -2.69. The molecule has 1 aliphatic heterocycles. The van der Waals surface area contributed by atoms with Crippen LogP contribution in [0, 0.1) is 5.92 Å². The van der Waals surface area contributed by atoms with E-state index in [2.05, 4.69) is 25.8 Å². The number of ether oxygens (including phenoxy) is 1. The molecule has 1 saturated carbocycles. The van der Waals surface area contributed by atoms with E-state index in [1.54, 1.807) is 17.2 Å². The molecule has 5 nitrogen and oxygen atoms in total. The van der Waals surface area contributed by atoms with Gasteiger partial charge in [0.1, 0.15) is 12.6 Å². The van der Waals surface area contributed by atoms with Gasteiger partial charge in [0.05, 0.1) is 0 Å². The summed E-state index contributed by atoms with van der Waals surface area (Å²) in [5, 5.41) is 0. The van der Waals surface area contributed by atoms with Crippen LogP contribution in [0.4, 0.5) is 0 Å². The fourth-order valence-corrected chi connectivity index (χ4v) is 3.91. The van der Waals surface area contributed by atoms with E-state index in [4.69, 9.17) is 4.74 Å². The van der Waals surface area contributed by atoms with Gasteiger partial charge in [0.25, 0.3) is 5.91 Å². The van der Waals surface area contributed by atoms with E-state index >= 15 is 0 Å². The second-order valence-electron chi connectivity index (χ2n) is 8.80. The normalized spacial score (nSPS) is 23.2. The zero-order chi connectivity index (χ0) is 19.9. The highest BCUT2D eigenvalue weighted by Crippen LogP contribution is 2.48. The molecule has 2 heterocycles. The molecule has 2 aliphatic rings.